The summed E-state index contributed by atoms with van der Waals surface area (Å²) < 4.78 is 8.30. The van der Waals surface area contributed by atoms with Crippen molar-refractivity contribution in [1.82, 2.24) is 4.57 Å². The predicted molar refractivity (Wildman–Crippen MR) is 79.4 cm³/mol. The Labute approximate surface area is 120 Å². The van der Waals surface area contributed by atoms with Crippen LogP contribution < -0.4 is 10.5 Å². The third-order valence-electron chi connectivity index (χ3n) is 3.02. The highest BCUT2D eigenvalue weighted by Crippen LogP contribution is 2.39. The Bertz CT molecular complexity index is 614. The Morgan fingerprint density at radius 3 is 2.50 bits per heavy atom. The Morgan fingerprint density at radius 1 is 1.39 bits per heavy atom. The van der Waals surface area contributed by atoms with Gasteiger partial charge in [-0.1, -0.05) is 11.6 Å². The van der Waals surface area contributed by atoms with Crippen molar-refractivity contribution in [3.05, 3.63) is 27.3 Å². The second kappa shape index (κ2) is 4.44. The van der Waals surface area contributed by atoms with Crippen LogP contribution in [0.2, 0.25) is 5.02 Å². The average molecular weight is 332 g/mol. The molecule has 0 bridgehead atoms. The summed E-state index contributed by atoms with van der Waals surface area (Å²) >= 11 is 9.79. The molecule has 0 aliphatic carbocycles. The maximum Gasteiger partial charge on any atom is 0.138 e. The predicted octanol–water partition coefficient (Wildman–Crippen LogP) is 3.80. The monoisotopic (exact) mass is 330 g/mol. The van der Waals surface area contributed by atoms with Crippen molar-refractivity contribution in [2.24, 2.45) is 12.8 Å². The van der Waals surface area contributed by atoms with Gasteiger partial charge in [0.05, 0.1) is 28.9 Å². The standard InChI is InChI=1S/C13H16BrClN2O/c1-13(2,16)12-11(14)7-5-10(18-4)8(15)6-9(7)17(12)3/h5-6H,16H2,1-4H3. The van der Waals surface area contributed by atoms with Crippen molar-refractivity contribution in [2.45, 2.75) is 19.4 Å². The summed E-state index contributed by atoms with van der Waals surface area (Å²) in [5.74, 6) is 0.664. The number of aromatic nitrogens is 1. The van der Waals surface area contributed by atoms with Gasteiger partial charge in [0, 0.05) is 16.9 Å². The van der Waals surface area contributed by atoms with Crippen LogP contribution in [-0.4, -0.2) is 11.7 Å². The Kier molecular flexibility index (Phi) is 3.38. The first-order valence-corrected chi connectivity index (χ1v) is 6.75. The van der Waals surface area contributed by atoms with Gasteiger partial charge in [0.25, 0.3) is 0 Å². The van der Waals surface area contributed by atoms with Gasteiger partial charge in [0.1, 0.15) is 5.75 Å². The first-order valence-electron chi connectivity index (χ1n) is 5.58. The van der Waals surface area contributed by atoms with Crippen LogP contribution in [-0.2, 0) is 12.6 Å². The van der Waals surface area contributed by atoms with Gasteiger partial charge >= 0.3 is 0 Å². The average Bonchev–Trinajstić information content (AvgIpc) is 2.49. The smallest absolute Gasteiger partial charge is 0.138 e. The quantitative estimate of drug-likeness (QED) is 0.909. The van der Waals surface area contributed by atoms with Crippen LogP contribution in [0.5, 0.6) is 5.75 Å². The first-order chi connectivity index (χ1) is 8.27. The van der Waals surface area contributed by atoms with Gasteiger partial charge in [-0.05, 0) is 41.9 Å². The topological polar surface area (TPSA) is 40.2 Å². The fraction of sp³-hybridized carbons (Fsp3) is 0.385. The zero-order valence-corrected chi connectivity index (χ0v) is 13.2. The zero-order valence-electron chi connectivity index (χ0n) is 10.8. The van der Waals surface area contributed by atoms with Crippen LogP contribution in [0.3, 0.4) is 0 Å². The van der Waals surface area contributed by atoms with Crippen LogP contribution in [0.1, 0.15) is 19.5 Å². The fourth-order valence-electron chi connectivity index (χ4n) is 2.26. The van der Waals surface area contributed by atoms with Crippen molar-refractivity contribution < 1.29 is 4.74 Å². The number of hydrogen-bond acceptors (Lipinski definition) is 2. The molecule has 0 fully saturated rings. The van der Waals surface area contributed by atoms with Gasteiger partial charge in [-0.2, -0.15) is 0 Å². The van der Waals surface area contributed by atoms with Gasteiger partial charge < -0.3 is 15.0 Å². The van der Waals surface area contributed by atoms with Crippen LogP contribution in [0.25, 0.3) is 10.9 Å². The number of nitrogens with two attached hydrogens (primary N) is 1. The molecule has 5 heteroatoms. The van der Waals surface area contributed by atoms with Crippen molar-refractivity contribution >= 4 is 38.4 Å². The Morgan fingerprint density at radius 2 is 2.00 bits per heavy atom. The minimum Gasteiger partial charge on any atom is -0.495 e. The second-order valence-corrected chi connectivity index (χ2v) is 6.15. The molecule has 0 saturated carbocycles. The molecule has 0 radical (unpaired) electrons. The molecule has 0 aliphatic rings. The molecule has 0 amide bonds. The van der Waals surface area contributed by atoms with E-state index < -0.39 is 5.54 Å². The second-order valence-electron chi connectivity index (χ2n) is 4.95. The maximum atomic E-state index is 6.22. The van der Waals surface area contributed by atoms with E-state index in [1.54, 1.807) is 7.11 Å². The lowest BCUT2D eigenvalue weighted by Gasteiger charge is -2.20. The van der Waals surface area contributed by atoms with Crippen LogP contribution in [0, 0.1) is 0 Å². The molecule has 1 aromatic carbocycles. The van der Waals surface area contributed by atoms with E-state index >= 15 is 0 Å². The summed E-state index contributed by atoms with van der Waals surface area (Å²) in [7, 11) is 3.59. The molecule has 18 heavy (non-hydrogen) atoms. The SMILES string of the molecule is COc1cc2c(Br)c(C(C)(C)N)n(C)c2cc1Cl. The lowest BCUT2D eigenvalue weighted by Crippen LogP contribution is -2.31. The van der Waals surface area contributed by atoms with E-state index in [1.807, 2.05) is 33.0 Å². The van der Waals surface area contributed by atoms with Gasteiger partial charge in [-0.15, -0.1) is 0 Å². The molecule has 0 atom stereocenters. The molecule has 98 valence electrons. The zero-order chi connectivity index (χ0) is 13.7. The number of fused-ring (bicyclic) bond motifs is 1. The molecule has 0 unspecified atom stereocenters. The number of ether oxygens (including phenoxy) is 1. The van der Waals surface area contributed by atoms with E-state index in [0.29, 0.717) is 10.8 Å². The van der Waals surface area contributed by atoms with Crippen LogP contribution in [0.15, 0.2) is 16.6 Å². The van der Waals surface area contributed by atoms with Crippen LogP contribution in [0.4, 0.5) is 0 Å². The summed E-state index contributed by atoms with van der Waals surface area (Å²) in [4.78, 5) is 0. The lowest BCUT2D eigenvalue weighted by molar-refractivity contribution is 0.415. The maximum absolute atomic E-state index is 6.22. The highest BCUT2D eigenvalue weighted by molar-refractivity contribution is 9.10. The van der Waals surface area contributed by atoms with Crippen molar-refractivity contribution in [2.75, 3.05) is 7.11 Å². The molecule has 0 saturated heterocycles. The fourth-order valence-corrected chi connectivity index (χ4v) is 3.59. The number of aryl methyl sites for hydroxylation is 1. The number of methoxy groups -OCH3 is 1. The lowest BCUT2D eigenvalue weighted by atomic mass is 10.0. The molecule has 1 aromatic heterocycles. The van der Waals surface area contributed by atoms with Crippen molar-refractivity contribution in [3.63, 3.8) is 0 Å². The minimum absolute atomic E-state index is 0.438. The normalized spacial score (nSPS) is 12.2. The third-order valence-corrected chi connectivity index (χ3v) is 4.12. The molecule has 2 aromatic rings. The molecule has 0 spiro atoms. The van der Waals surface area contributed by atoms with Gasteiger partial charge in [-0.3, -0.25) is 0 Å². The Balaban J connectivity index is 2.86. The highest BCUT2D eigenvalue weighted by Gasteiger charge is 2.25. The van der Waals surface area contributed by atoms with E-state index in [-0.39, 0.29) is 0 Å². The third kappa shape index (κ3) is 2.02. The first kappa shape index (κ1) is 13.7. The molecular weight excluding hydrogens is 316 g/mol. The molecule has 3 nitrogen and oxygen atoms in total. The summed E-state index contributed by atoms with van der Waals surface area (Å²) in [6.07, 6.45) is 0. The summed E-state index contributed by atoms with van der Waals surface area (Å²) in [6, 6.07) is 3.83. The van der Waals surface area contributed by atoms with E-state index in [4.69, 9.17) is 22.1 Å². The highest BCUT2D eigenvalue weighted by atomic mass is 79.9. The molecule has 2 rings (SSSR count). The molecule has 1 heterocycles. The van der Waals surface area contributed by atoms with E-state index in [1.165, 1.54) is 0 Å². The number of hydrogen-bond donors (Lipinski definition) is 1. The van der Waals surface area contributed by atoms with Crippen molar-refractivity contribution in [1.29, 1.82) is 0 Å². The molecule has 2 N–H and O–H groups in total. The number of rotatable bonds is 2. The molecular formula is C13H16BrClN2O. The number of halogens is 2. The van der Waals surface area contributed by atoms with E-state index in [9.17, 15) is 0 Å². The van der Waals surface area contributed by atoms with E-state index in [2.05, 4.69) is 20.5 Å². The minimum atomic E-state index is -0.438. The summed E-state index contributed by atoms with van der Waals surface area (Å²) in [5.41, 5.74) is 7.84. The van der Waals surface area contributed by atoms with E-state index in [0.717, 1.165) is 21.1 Å². The number of benzene rings is 1. The summed E-state index contributed by atoms with van der Waals surface area (Å²) in [5, 5.41) is 1.65. The van der Waals surface area contributed by atoms with Gasteiger partial charge in [0.15, 0.2) is 0 Å². The van der Waals surface area contributed by atoms with Gasteiger partial charge in [-0.25, -0.2) is 0 Å². The van der Waals surface area contributed by atoms with Crippen LogP contribution >= 0.6 is 27.5 Å². The van der Waals surface area contributed by atoms with Gasteiger partial charge in [0.2, 0.25) is 0 Å². The summed E-state index contributed by atoms with van der Waals surface area (Å²) in [6.45, 7) is 3.95. The largest absolute Gasteiger partial charge is 0.495 e. The molecule has 0 aliphatic heterocycles. The van der Waals surface area contributed by atoms with Crippen molar-refractivity contribution in [3.8, 4) is 5.75 Å². The Hall–Kier alpha value is -0.710. The number of nitrogens with zero attached hydrogens (tertiary/aromatic N) is 1.